The van der Waals surface area contributed by atoms with Gasteiger partial charge in [-0.15, -0.1) is 0 Å². The van der Waals surface area contributed by atoms with Crippen molar-refractivity contribution >= 4 is 11.8 Å². The number of rotatable bonds is 16. The van der Waals surface area contributed by atoms with E-state index in [1.54, 1.807) is 0 Å². The molecule has 39 heavy (non-hydrogen) atoms. The highest BCUT2D eigenvalue weighted by molar-refractivity contribution is 5.45. The molecule has 9 nitrogen and oxygen atoms in total. The standard InChI is InChI=1S/C30H49N7O2/c1-25-22-29(37-16-14-36(15-17-37)18-20-39-21-19-38)35-30(34-25)33-24-27-10-8-26(9-11-27)23-31-12-5-13-32-28-6-3-2-4-7-28/h8-11,22,28,31-32,38H,2-7,12-21,23-24H2,1H3,(H,33,34,35). The van der Waals surface area contributed by atoms with Crippen LogP contribution >= 0.6 is 0 Å². The predicted molar refractivity (Wildman–Crippen MR) is 158 cm³/mol. The Kier molecular flexibility index (Phi) is 12.7. The number of aliphatic hydroxyl groups excluding tert-OH is 1. The van der Waals surface area contributed by atoms with Crippen LogP contribution in [0.1, 0.15) is 55.3 Å². The van der Waals surface area contributed by atoms with Crippen LogP contribution in [0, 0.1) is 6.92 Å². The molecule has 2 heterocycles. The highest BCUT2D eigenvalue weighted by Gasteiger charge is 2.19. The monoisotopic (exact) mass is 539 g/mol. The largest absolute Gasteiger partial charge is 0.394 e. The maximum Gasteiger partial charge on any atom is 0.225 e. The summed E-state index contributed by atoms with van der Waals surface area (Å²) in [6.45, 7) is 11.7. The second-order valence-electron chi connectivity index (χ2n) is 10.8. The van der Waals surface area contributed by atoms with Gasteiger partial charge in [-0.25, -0.2) is 4.98 Å². The summed E-state index contributed by atoms with van der Waals surface area (Å²) in [5.41, 5.74) is 3.50. The lowest BCUT2D eigenvalue weighted by atomic mass is 9.95. The molecule has 0 amide bonds. The van der Waals surface area contributed by atoms with Crippen molar-refractivity contribution in [3.63, 3.8) is 0 Å². The molecule has 1 aliphatic heterocycles. The first-order chi connectivity index (χ1) is 19.2. The first-order valence-corrected chi connectivity index (χ1v) is 15.0. The Morgan fingerprint density at radius 2 is 1.67 bits per heavy atom. The van der Waals surface area contributed by atoms with Crippen LogP contribution in [-0.4, -0.2) is 91.7 Å². The Balaban J connectivity index is 1.14. The number of aryl methyl sites for hydroxylation is 1. The summed E-state index contributed by atoms with van der Waals surface area (Å²) in [4.78, 5) is 14.2. The molecule has 4 N–H and O–H groups in total. The van der Waals surface area contributed by atoms with Crippen LogP contribution in [0.4, 0.5) is 11.8 Å². The third-order valence-electron chi connectivity index (χ3n) is 7.70. The van der Waals surface area contributed by atoms with Crippen molar-refractivity contribution in [1.82, 2.24) is 25.5 Å². The van der Waals surface area contributed by atoms with Crippen molar-refractivity contribution in [3.8, 4) is 0 Å². The van der Waals surface area contributed by atoms with Gasteiger partial charge in [0.15, 0.2) is 0 Å². The molecule has 9 heteroatoms. The van der Waals surface area contributed by atoms with Crippen LogP contribution in [0.5, 0.6) is 0 Å². The summed E-state index contributed by atoms with van der Waals surface area (Å²) in [5.74, 6) is 1.66. The summed E-state index contributed by atoms with van der Waals surface area (Å²) in [6.07, 6.45) is 8.08. The van der Waals surface area contributed by atoms with Crippen LogP contribution in [0.25, 0.3) is 0 Å². The molecule has 1 saturated heterocycles. The normalized spacial score (nSPS) is 17.0. The number of benzene rings is 1. The van der Waals surface area contributed by atoms with E-state index in [9.17, 15) is 0 Å². The molecule has 4 rings (SSSR count). The number of nitrogens with zero attached hydrogens (tertiary/aromatic N) is 4. The molecule has 1 aromatic carbocycles. The predicted octanol–water partition coefficient (Wildman–Crippen LogP) is 2.93. The average molecular weight is 540 g/mol. The zero-order valence-electron chi connectivity index (χ0n) is 23.8. The molecular weight excluding hydrogens is 490 g/mol. The number of nitrogens with one attached hydrogen (secondary N) is 3. The highest BCUT2D eigenvalue weighted by Crippen LogP contribution is 2.18. The van der Waals surface area contributed by atoms with Crippen molar-refractivity contribution in [2.24, 2.45) is 0 Å². The van der Waals surface area contributed by atoms with Gasteiger partial charge in [-0.1, -0.05) is 43.5 Å². The van der Waals surface area contributed by atoms with Crippen LogP contribution in [0.3, 0.4) is 0 Å². The Bertz CT molecular complexity index is 945. The highest BCUT2D eigenvalue weighted by atomic mass is 16.5. The third kappa shape index (κ3) is 10.7. The second-order valence-corrected chi connectivity index (χ2v) is 10.8. The number of ether oxygens (including phenoxy) is 1. The molecule has 1 aliphatic carbocycles. The maximum atomic E-state index is 8.84. The molecule has 1 saturated carbocycles. The fourth-order valence-electron chi connectivity index (χ4n) is 5.37. The lowest BCUT2D eigenvalue weighted by molar-refractivity contribution is 0.0724. The van der Waals surface area contributed by atoms with E-state index in [0.717, 1.165) is 69.9 Å². The topological polar surface area (TPSA) is 97.8 Å². The van der Waals surface area contributed by atoms with Gasteiger partial charge < -0.3 is 30.7 Å². The van der Waals surface area contributed by atoms with Crippen molar-refractivity contribution < 1.29 is 9.84 Å². The summed E-state index contributed by atoms with van der Waals surface area (Å²) < 4.78 is 5.41. The van der Waals surface area contributed by atoms with Crippen LogP contribution < -0.4 is 20.9 Å². The minimum absolute atomic E-state index is 0.0819. The van der Waals surface area contributed by atoms with Gasteiger partial charge in [-0.2, -0.15) is 4.98 Å². The second kappa shape index (κ2) is 16.7. The van der Waals surface area contributed by atoms with E-state index in [-0.39, 0.29) is 6.61 Å². The molecule has 1 aromatic heterocycles. The van der Waals surface area contributed by atoms with Gasteiger partial charge in [0, 0.05) is 63.6 Å². The van der Waals surface area contributed by atoms with Gasteiger partial charge in [0.2, 0.25) is 5.95 Å². The molecule has 2 fully saturated rings. The average Bonchev–Trinajstić information content (AvgIpc) is 2.97. The summed E-state index contributed by atoms with van der Waals surface area (Å²) in [6, 6.07) is 11.6. The molecule has 2 aromatic rings. The van der Waals surface area contributed by atoms with E-state index in [1.807, 2.05) is 6.92 Å². The van der Waals surface area contributed by atoms with Gasteiger partial charge in [0.1, 0.15) is 5.82 Å². The van der Waals surface area contributed by atoms with Crippen molar-refractivity contribution in [2.75, 3.05) is 75.9 Å². The summed E-state index contributed by atoms with van der Waals surface area (Å²) >= 11 is 0. The van der Waals surface area contributed by atoms with Gasteiger partial charge in [0.25, 0.3) is 0 Å². The lowest BCUT2D eigenvalue weighted by Gasteiger charge is -2.35. The van der Waals surface area contributed by atoms with Crippen LogP contribution in [0.15, 0.2) is 30.3 Å². The molecule has 0 bridgehead atoms. The van der Waals surface area contributed by atoms with Crippen LogP contribution in [-0.2, 0) is 17.8 Å². The molecular formula is C30H49N7O2. The number of aliphatic hydroxyl groups is 1. The quantitative estimate of drug-likeness (QED) is 0.240. The molecule has 0 unspecified atom stereocenters. The zero-order chi connectivity index (χ0) is 27.1. The maximum absolute atomic E-state index is 8.84. The smallest absolute Gasteiger partial charge is 0.225 e. The molecule has 0 radical (unpaired) electrons. The van der Waals surface area contributed by atoms with E-state index in [1.165, 1.54) is 49.7 Å². The molecule has 0 spiro atoms. The van der Waals surface area contributed by atoms with E-state index >= 15 is 0 Å². The first kappa shape index (κ1) is 29.7. The summed E-state index contributed by atoms with van der Waals surface area (Å²) in [5, 5.41) is 19.6. The Morgan fingerprint density at radius 3 is 2.41 bits per heavy atom. The van der Waals surface area contributed by atoms with Gasteiger partial charge in [-0.3, -0.25) is 4.90 Å². The molecule has 216 valence electrons. The number of piperazine rings is 1. The molecule has 0 atom stereocenters. The Hall–Kier alpha value is -2.30. The lowest BCUT2D eigenvalue weighted by Crippen LogP contribution is -2.47. The summed E-state index contributed by atoms with van der Waals surface area (Å²) in [7, 11) is 0. The zero-order valence-corrected chi connectivity index (χ0v) is 23.8. The van der Waals surface area contributed by atoms with Gasteiger partial charge >= 0.3 is 0 Å². The minimum atomic E-state index is 0.0819. The fraction of sp³-hybridized carbons (Fsp3) is 0.667. The number of hydrogen-bond acceptors (Lipinski definition) is 9. The van der Waals surface area contributed by atoms with Gasteiger partial charge in [-0.05, 0) is 50.4 Å². The number of aromatic nitrogens is 2. The van der Waals surface area contributed by atoms with E-state index in [4.69, 9.17) is 14.8 Å². The SMILES string of the molecule is Cc1cc(N2CCN(CCOCCO)CC2)nc(NCc2ccc(CNCCCNC3CCCCC3)cc2)n1. The number of anilines is 2. The Labute approximate surface area is 234 Å². The minimum Gasteiger partial charge on any atom is -0.394 e. The van der Waals surface area contributed by atoms with E-state index in [0.29, 0.717) is 25.7 Å². The van der Waals surface area contributed by atoms with Crippen molar-refractivity contribution in [2.45, 2.75) is 64.6 Å². The fourth-order valence-corrected chi connectivity index (χ4v) is 5.37. The third-order valence-corrected chi connectivity index (χ3v) is 7.70. The van der Waals surface area contributed by atoms with E-state index in [2.05, 4.69) is 61.1 Å². The molecule has 2 aliphatic rings. The van der Waals surface area contributed by atoms with Crippen molar-refractivity contribution in [1.29, 1.82) is 0 Å². The Morgan fingerprint density at radius 1 is 0.923 bits per heavy atom. The number of hydrogen-bond donors (Lipinski definition) is 4. The first-order valence-electron chi connectivity index (χ1n) is 15.0. The van der Waals surface area contributed by atoms with Crippen molar-refractivity contribution in [3.05, 3.63) is 47.2 Å². The van der Waals surface area contributed by atoms with E-state index < -0.39 is 0 Å². The van der Waals surface area contributed by atoms with Gasteiger partial charge in [0.05, 0.1) is 19.8 Å². The van der Waals surface area contributed by atoms with Crippen LogP contribution in [0.2, 0.25) is 0 Å².